The molecule has 1 saturated heterocycles. The molecule has 25 heavy (non-hydrogen) atoms. The van der Waals surface area contributed by atoms with Gasteiger partial charge in [0.25, 0.3) is 0 Å². The van der Waals surface area contributed by atoms with Crippen molar-refractivity contribution < 1.29 is 4.39 Å². The fourth-order valence-electron chi connectivity index (χ4n) is 3.22. The number of benzene rings is 1. The molecule has 1 unspecified atom stereocenters. The highest BCUT2D eigenvalue weighted by molar-refractivity contribution is 5.48. The van der Waals surface area contributed by atoms with Crippen molar-refractivity contribution in [3.63, 3.8) is 0 Å². The van der Waals surface area contributed by atoms with Gasteiger partial charge >= 0.3 is 0 Å². The van der Waals surface area contributed by atoms with Gasteiger partial charge in [0.1, 0.15) is 23.8 Å². The van der Waals surface area contributed by atoms with Crippen molar-refractivity contribution in [1.82, 2.24) is 14.9 Å². The summed E-state index contributed by atoms with van der Waals surface area (Å²) in [6.45, 7) is 2.81. The summed E-state index contributed by atoms with van der Waals surface area (Å²) in [7, 11) is 4.05. The van der Waals surface area contributed by atoms with E-state index in [1.165, 1.54) is 31.4 Å². The van der Waals surface area contributed by atoms with Crippen LogP contribution in [0.2, 0.25) is 0 Å². The third-order valence-corrected chi connectivity index (χ3v) is 4.69. The van der Waals surface area contributed by atoms with Gasteiger partial charge < -0.3 is 15.1 Å². The Bertz CT molecular complexity index is 668. The molecule has 1 aromatic heterocycles. The highest BCUT2D eigenvalue weighted by atomic mass is 19.1. The van der Waals surface area contributed by atoms with Gasteiger partial charge in [0.2, 0.25) is 0 Å². The summed E-state index contributed by atoms with van der Waals surface area (Å²) in [5.74, 6) is 1.60. The van der Waals surface area contributed by atoms with Gasteiger partial charge in [0.05, 0.1) is 6.04 Å². The van der Waals surface area contributed by atoms with Crippen molar-refractivity contribution in [2.45, 2.75) is 25.3 Å². The molecule has 1 aliphatic heterocycles. The zero-order chi connectivity index (χ0) is 17.6. The summed E-state index contributed by atoms with van der Waals surface area (Å²) in [4.78, 5) is 13.2. The highest BCUT2D eigenvalue weighted by Gasteiger charge is 2.16. The number of hydrogen-bond acceptors (Lipinski definition) is 5. The Kier molecular flexibility index (Phi) is 5.81. The molecular formula is C19H26FN5. The van der Waals surface area contributed by atoms with Crippen molar-refractivity contribution in [3.05, 3.63) is 48.0 Å². The number of nitrogens with one attached hydrogen (secondary N) is 1. The van der Waals surface area contributed by atoms with Gasteiger partial charge in [-0.1, -0.05) is 12.1 Å². The molecule has 1 atom stereocenters. The van der Waals surface area contributed by atoms with Gasteiger partial charge in [0, 0.05) is 25.7 Å². The quantitative estimate of drug-likeness (QED) is 0.872. The maximum Gasteiger partial charge on any atom is 0.134 e. The smallest absolute Gasteiger partial charge is 0.134 e. The lowest BCUT2D eigenvalue weighted by molar-refractivity contribution is 0.311. The predicted molar refractivity (Wildman–Crippen MR) is 99.4 cm³/mol. The average molecular weight is 343 g/mol. The van der Waals surface area contributed by atoms with Crippen LogP contribution in [0.15, 0.2) is 36.7 Å². The van der Waals surface area contributed by atoms with E-state index in [9.17, 15) is 4.39 Å². The first-order valence-corrected chi connectivity index (χ1v) is 8.86. The third-order valence-electron chi connectivity index (χ3n) is 4.69. The van der Waals surface area contributed by atoms with Crippen LogP contribution in [0, 0.1) is 5.82 Å². The minimum atomic E-state index is -0.212. The largest absolute Gasteiger partial charge is 0.368 e. The second-order valence-corrected chi connectivity index (χ2v) is 6.72. The molecule has 1 aromatic carbocycles. The van der Waals surface area contributed by atoms with Crippen molar-refractivity contribution in [3.8, 4) is 0 Å². The zero-order valence-corrected chi connectivity index (χ0v) is 15.0. The number of likely N-dealkylation sites (N-methyl/N-ethyl adjacent to an activating group) is 1. The van der Waals surface area contributed by atoms with Crippen LogP contribution in [0.4, 0.5) is 16.0 Å². The van der Waals surface area contributed by atoms with Crippen molar-refractivity contribution in [1.29, 1.82) is 0 Å². The summed E-state index contributed by atoms with van der Waals surface area (Å²) >= 11 is 0. The Hall–Kier alpha value is -2.21. The van der Waals surface area contributed by atoms with Gasteiger partial charge in [-0.2, -0.15) is 0 Å². The van der Waals surface area contributed by atoms with E-state index >= 15 is 0 Å². The number of nitrogens with zero attached hydrogens (tertiary/aromatic N) is 4. The summed E-state index contributed by atoms with van der Waals surface area (Å²) in [5, 5.41) is 3.41. The minimum absolute atomic E-state index is 0.133. The van der Waals surface area contributed by atoms with E-state index in [0.717, 1.165) is 30.3 Å². The monoisotopic (exact) mass is 343 g/mol. The third kappa shape index (κ3) is 4.66. The van der Waals surface area contributed by atoms with Gasteiger partial charge in [-0.05, 0) is 51.1 Å². The topological polar surface area (TPSA) is 44.3 Å². The van der Waals surface area contributed by atoms with Crippen LogP contribution in [-0.4, -0.2) is 48.6 Å². The Morgan fingerprint density at radius 2 is 1.84 bits per heavy atom. The van der Waals surface area contributed by atoms with Crippen LogP contribution in [0.5, 0.6) is 0 Å². The Morgan fingerprint density at radius 1 is 1.12 bits per heavy atom. The lowest BCUT2D eigenvalue weighted by Gasteiger charge is -2.28. The van der Waals surface area contributed by atoms with Crippen molar-refractivity contribution in [2.24, 2.45) is 0 Å². The molecule has 5 nitrogen and oxygen atoms in total. The molecule has 6 heteroatoms. The number of piperidine rings is 1. The number of anilines is 2. The van der Waals surface area contributed by atoms with Crippen LogP contribution in [0.3, 0.4) is 0 Å². The van der Waals surface area contributed by atoms with Crippen molar-refractivity contribution in [2.75, 3.05) is 43.9 Å². The number of hydrogen-bond donors (Lipinski definition) is 1. The normalized spacial score (nSPS) is 16.1. The summed E-state index contributed by atoms with van der Waals surface area (Å²) in [6, 6.07) is 8.83. The molecule has 0 amide bonds. The zero-order valence-electron chi connectivity index (χ0n) is 15.0. The van der Waals surface area contributed by atoms with Crippen LogP contribution in [0.1, 0.15) is 30.9 Å². The fourth-order valence-corrected chi connectivity index (χ4v) is 3.22. The number of rotatable bonds is 6. The van der Waals surface area contributed by atoms with Crippen LogP contribution in [0.25, 0.3) is 0 Å². The molecule has 1 fully saturated rings. The molecule has 2 aromatic rings. The van der Waals surface area contributed by atoms with E-state index in [1.807, 2.05) is 32.3 Å². The fraction of sp³-hybridized carbons (Fsp3) is 0.474. The van der Waals surface area contributed by atoms with E-state index in [0.29, 0.717) is 6.54 Å². The summed E-state index contributed by atoms with van der Waals surface area (Å²) in [5.41, 5.74) is 1.07. The molecule has 2 heterocycles. The molecule has 0 spiro atoms. The van der Waals surface area contributed by atoms with Crippen LogP contribution < -0.4 is 10.2 Å². The summed E-state index contributed by atoms with van der Waals surface area (Å²) in [6.07, 6.45) is 5.36. The highest BCUT2D eigenvalue weighted by Crippen LogP contribution is 2.22. The molecule has 1 N–H and O–H groups in total. The summed E-state index contributed by atoms with van der Waals surface area (Å²) < 4.78 is 13.2. The van der Waals surface area contributed by atoms with Crippen LogP contribution in [-0.2, 0) is 0 Å². The van der Waals surface area contributed by atoms with Gasteiger partial charge in [-0.3, -0.25) is 0 Å². The number of aromatic nitrogens is 2. The van der Waals surface area contributed by atoms with E-state index in [-0.39, 0.29) is 11.9 Å². The molecule has 0 aliphatic carbocycles. The first kappa shape index (κ1) is 17.6. The second-order valence-electron chi connectivity index (χ2n) is 6.72. The first-order chi connectivity index (χ1) is 12.1. The molecule has 0 saturated carbocycles. The van der Waals surface area contributed by atoms with Gasteiger partial charge in [-0.15, -0.1) is 0 Å². The van der Waals surface area contributed by atoms with E-state index < -0.39 is 0 Å². The lowest BCUT2D eigenvalue weighted by Crippen LogP contribution is -2.30. The van der Waals surface area contributed by atoms with Gasteiger partial charge in [0.15, 0.2) is 0 Å². The molecule has 1 aliphatic rings. The van der Waals surface area contributed by atoms with Gasteiger partial charge in [-0.25, -0.2) is 14.4 Å². The Morgan fingerprint density at radius 3 is 2.52 bits per heavy atom. The molecular weight excluding hydrogens is 317 g/mol. The average Bonchev–Trinajstić information content (AvgIpc) is 2.64. The maximum absolute atomic E-state index is 13.2. The molecule has 0 bridgehead atoms. The Balaban J connectivity index is 1.67. The molecule has 134 valence electrons. The molecule has 0 radical (unpaired) electrons. The van der Waals surface area contributed by atoms with E-state index in [2.05, 4.69) is 25.1 Å². The SMILES string of the molecule is CN(C)C(CNc1cc(N2CCCCC2)ncn1)c1ccc(F)cc1. The van der Waals surface area contributed by atoms with E-state index in [4.69, 9.17) is 0 Å². The van der Waals surface area contributed by atoms with E-state index in [1.54, 1.807) is 6.33 Å². The predicted octanol–water partition coefficient (Wildman–Crippen LogP) is 3.32. The van der Waals surface area contributed by atoms with Crippen molar-refractivity contribution >= 4 is 11.6 Å². The second kappa shape index (κ2) is 8.25. The standard InChI is InChI=1S/C19H26FN5/c1-24(2)17(15-6-8-16(20)9-7-15)13-21-18-12-19(23-14-22-18)25-10-4-3-5-11-25/h6-9,12,14,17H,3-5,10-11,13H2,1-2H3,(H,21,22,23). The number of halogens is 1. The Labute approximate surface area is 148 Å². The molecule has 3 rings (SSSR count). The lowest BCUT2D eigenvalue weighted by atomic mass is 10.1. The maximum atomic E-state index is 13.2. The minimum Gasteiger partial charge on any atom is -0.368 e. The first-order valence-electron chi connectivity index (χ1n) is 8.86. The van der Waals surface area contributed by atoms with Crippen LogP contribution >= 0.6 is 0 Å².